The van der Waals surface area contributed by atoms with Gasteiger partial charge >= 0.3 is 5.69 Å². The zero-order chi connectivity index (χ0) is 19.4. The highest BCUT2D eigenvalue weighted by atomic mass is 35.5. The molecular weight excluding hydrogens is 405 g/mol. The van der Waals surface area contributed by atoms with E-state index in [1.807, 2.05) is 0 Å². The number of carbonyl (C=O) groups is 1. The number of nitriles is 1. The number of phenols is 1. The van der Waals surface area contributed by atoms with E-state index in [1.165, 1.54) is 18.2 Å². The number of nitrogens with zero attached hydrogens (tertiary/aromatic N) is 2. The van der Waals surface area contributed by atoms with Crippen molar-refractivity contribution in [3.05, 3.63) is 66.7 Å². The number of carbonyl (C=O) groups excluding carboxylic acids is 1. The van der Waals surface area contributed by atoms with Crippen molar-refractivity contribution in [2.45, 2.75) is 0 Å². The standard InChI is InChI=1S/C16H8Cl3N3O4/c17-10-5-8(15(23)13(6-10)22(25)26)4-9(7-20)16(24)21-12-3-1-2-11(18)14(12)19/h1-6,23H,(H,21,24)/b9-4-. The highest BCUT2D eigenvalue weighted by molar-refractivity contribution is 6.44. The van der Waals surface area contributed by atoms with Gasteiger partial charge in [-0.25, -0.2) is 0 Å². The van der Waals surface area contributed by atoms with E-state index in [2.05, 4.69) is 5.32 Å². The van der Waals surface area contributed by atoms with Crippen LogP contribution in [0, 0.1) is 21.4 Å². The molecule has 0 bridgehead atoms. The number of nitro groups is 1. The number of rotatable bonds is 4. The smallest absolute Gasteiger partial charge is 0.312 e. The second kappa shape index (κ2) is 8.06. The average Bonchev–Trinajstić information content (AvgIpc) is 2.58. The fourth-order valence-corrected chi connectivity index (χ4v) is 2.52. The first kappa shape index (κ1) is 19.5. The molecule has 0 aromatic heterocycles. The van der Waals surface area contributed by atoms with E-state index < -0.39 is 27.8 Å². The highest BCUT2D eigenvalue weighted by Gasteiger charge is 2.20. The number of anilines is 1. The van der Waals surface area contributed by atoms with Crippen molar-refractivity contribution in [2.75, 3.05) is 5.32 Å². The summed E-state index contributed by atoms with van der Waals surface area (Å²) in [5.74, 6) is -1.57. The van der Waals surface area contributed by atoms with Gasteiger partial charge in [0.05, 0.1) is 20.7 Å². The Hall–Kier alpha value is -2.79. The number of phenolic OH excluding ortho intramolecular Hbond substituents is 1. The number of amides is 1. The number of nitro benzene ring substituents is 1. The molecule has 0 spiro atoms. The summed E-state index contributed by atoms with van der Waals surface area (Å²) >= 11 is 17.6. The maximum Gasteiger partial charge on any atom is 0.312 e. The molecule has 0 aliphatic heterocycles. The van der Waals surface area contributed by atoms with Crippen LogP contribution in [0.1, 0.15) is 5.56 Å². The number of nitrogens with one attached hydrogen (secondary N) is 1. The summed E-state index contributed by atoms with van der Waals surface area (Å²) in [6.45, 7) is 0. The molecule has 0 radical (unpaired) electrons. The lowest BCUT2D eigenvalue weighted by Gasteiger charge is -2.08. The van der Waals surface area contributed by atoms with Crippen LogP contribution in [0.25, 0.3) is 6.08 Å². The molecule has 26 heavy (non-hydrogen) atoms. The highest BCUT2D eigenvalue weighted by Crippen LogP contribution is 2.35. The largest absolute Gasteiger partial charge is 0.502 e. The molecule has 0 saturated heterocycles. The molecule has 0 saturated carbocycles. The van der Waals surface area contributed by atoms with Crippen molar-refractivity contribution >= 4 is 58.2 Å². The zero-order valence-corrected chi connectivity index (χ0v) is 14.9. The summed E-state index contributed by atoms with van der Waals surface area (Å²) in [5.41, 5.74) is -1.08. The van der Waals surface area contributed by atoms with Gasteiger partial charge in [-0.05, 0) is 24.3 Å². The van der Waals surface area contributed by atoms with Crippen LogP contribution in [0.3, 0.4) is 0 Å². The predicted molar refractivity (Wildman–Crippen MR) is 98.5 cm³/mol. The molecule has 0 unspecified atom stereocenters. The Kier molecular flexibility index (Phi) is 6.05. The number of aromatic hydroxyl groups is 1. The van der Waals surface area contributed by atoms with Gasteiger partial charge in [0.25, 0.3) is 5.91 Å². The quantitative estimate of drug-likeness (QED) is 0.323. The number of hydrogen-bond acceptors (Lipinski definition) is 5. The van der Waals surface area contributed by atoms with Gasteiger partial charge in [-0.15, -0.1) is 0 Å². The molecule has 2 rings (SSSR count). The Bertz CT molecular complexity index is 983. The minimum absolute atomic E-state index is 0.0451. The summed E-state index contributed by atoms with van der Waals surface area (Å²) in [4.78, 5) is 22.4. The molecule has 0 heterocycles. The fraction of sp³-hybridized carbons (Fsp3) is 0. The second-order valence-corrected chi connectivity index (χ2v) is 6.07. The fourth-order valence-electron chi connectivity index (χ4n) is 1.95. The Morgan fingerprint density at radius 1 is 1.31 bits per heavy atom. The monoisotopic (exact) mass is 411 g/mol. The normalized spacial score (nSPS) is 10.9. The van der Waals surface area contributed by atoms with Gasteiger partial charge in [0.2, 0.25) is 5.75 Å². The maximum absolute atomic E-state index is 12.3. The maximum atomic E-state index is 12.3. The molecule has 0 aliphatic rings. The van der Waals surface area contributed by atoms with Crippen LogP contribution in [0.15, 0.2) is 35.9 Å². The van der Waals surface area contributed by atoms with Gasteiger partial charge in [0.15, 0.2) is 0 Å². The zero-order valence-electron chi connectivity index (χ0n) is 12.7. The van der Waals surface area contributed by atoms with Crippen LogP contribution in [0.5, 0.6) is 5.75 Å². The van der Waals surface area contributed by atoms with E-state index in [9.17, 15) is 25.3 Å². The lowest BCUT2D eigenvalue weighted by atomic mass is 10.1. The van der Waals surface area contributed by atoms with Crippen molar-refractivity contribution in [3.8, 4) is 11.8 Å². The van der Waals surface area contributed by atoms with E-state index in [1.54, 1.807) is 12.1 Å². The molecular formula is C16H8Cl3N3O4. The van der Waals surface area contributed by atoms with Gasteiger partial charge in [-0.1, -0.05) is 40.9 Å². The lowest BCUT2D eigenvalue weighted by molar-refractivity contribution is -0.385. The van der Waals surface area contributed by atoms with Crippen molar-refractivity contribution < 1.29 is 14.8 Å². The van der Waals surface area contributed by atoms with E-state index in [0.717, 1.165) is 12.1 Å². The van der Waals surface area contributed by atoms with Gasteiger partial charge < -0.3 is 10.4 Å². The van der Waals surface area contributed by atoms with Crippen LogP contribution in [-0.2, 0) is 4.79 Å². The first-order valence-electron chi connectivity index (χ1n) is 6.78. The van der Waals surface area contributed by atoms with Crippen LogP contribution >= 0.6 is 34.8 Å². The Labute approximate surface area is 162 Å². The van der Waals surface area contributed by atoms with Crippen molar-refractivity contribution in [2.24, 2.45) is 0 Å². The minimum atomic E-state index is -0.848. The van der Waals surface area contributed by atoms with Gasteiger partial charge in [0.1, 0.15) is 11.6 Å². The molecule has 0 atom stereocenters. The molecule has 7 nitrogen and oxygen atoms in total. The van der Waals surface area contributed by atoms with Crippen LogP contribution in [0.2, 0.25) is 15.1 Å². The number of hydrogen-bond donors (Lipinski definition) is 2. The molecule has 2 aromatic carbocycles. The molecule has 2 N–H and O–H groups in total. The Morgan fingerprint density at radius 2 is 2.00 bits per heavy atom. The lowest BCUT2D eigenvalue weighted by Crippen LogP contribution is -2.13. The Morgan fingerprint density at radius 3 is 2.62 bits per heavy atom. The van der Waals surface area contributed by atoms with E-state index >= 15 is 0 Å². The minimum Gasteiger partial charge on any atom is -0.502 e. The third-order valence-corrected chi connectivity index (χ3v) is 4.18. The van der Waals surface area contributed by atoms with E-state index in [4.69, 9.17) is 34.8 Å². The summed E-state index contributed by atoms with van der Waals surface area (Å²) in [6, 6.07) is 8.32. The van der Waals surface area contributed by atoms with Crippen molar-refractivity contribution in [1.29, 1.82) is 5.26 Å². The average molecular weight is 413 g/mol. The molecule has 132 valence electrons. The second-order valence-electron chi connectivity index (χ2n) is 4.85. The van der Waals surface area contributed by atoms with Crippen molar-refractivity contribution in [3.63, 3.8) is 0 Å². The van der Waals surface area contributed by atoms with E-state index in [-0.39, 0.29) is 26.3 Å². The third kappa shape index (κ3) is 4.24. The SMILES string of the molecule is N#C/C(=C/c1cc(Cl)cc([N+](=O)[O-])c1O)C(=O)Nc1cccc(Cl)c1Cl. The predicted octanol–water partition coefficient (Wildman–Crippen LogP) is 4.81. The van der Waals surface area contributed by atoms with E-state index in [0.29, 0.717) is 0 Å². The molecule has 0 fully saturated rings. The summed E-state index contributed by atoms with van der Waals surface area (Å²) in [6.07, 6.45) is 0.974. The van der Waals surface area contributed by atoms with Crippen molar-refractivity contribution in [1.82, 2.24) is 0 Å². The van der Waals surface area contributed by atoms with Crippen LogP contribution in [-0.4, -0.2) is 15.9 Å². The molecule has 10 heteroatoms. The van der Waals surface area contributed by atoms with Crippen LogP contribution in [0.4, 0.5) is 11.4 Å². The number of halogens is 3. The van der Waals surface area contributed by atoms with Crippen LogP contribution < -0.4 is 5.32 Å². The first-order chi connectivity index (χ1) is 12.2. The molecule has 0 aliphatic carbocycles. The summed E-state index contributed by atoms with van der Waals surface area (Å²) < 4.78 is 0. The topological polar surface area (TPSA) is 116 Å². The van der Waals surface area contributed by atoms with Gasteiger partial charge in [-0.2, -0.15) is 5.26 Å². The molecule has 1 amide bonds. The summed E-state index contributed by atoms with van der Waals surface area (Å²) in [7, 11) is 0. The van der Waals surface area contributed by atoms with Gasteiger partial charge in [0, 0.05) is 16.7 Å². The molecule has 2 aromatic rings. The number of benzene rings is 2. The third-order valence-electron chi connectivity index (χ3n) is 3.15. The first-order valence-corrected chi connectivity index (χ1v) is 7.92. The summed E-state index contributed by atoms with van der Waals surface area (Å²) in [5, 5.41) is 32.7. The van der Waals surface area contributed by atoms with Gasteiger partial charge in [-0.3, -0.25) is 14.9 Å². The Balaban J connectivity index is 2.42.